The highest BCUT2D eigenvalue weighted by Gasteiger charge is 2.12. The molecule has 2 aromatic heterocycles. The lowest BCUT2D eigenvalue weighted by Gasteiger charge is -2.14. The molecule has 0 fully saturated rings. The molecule has 1 N–H and O–H groups in total. The summed E-state index contributed by atoms with van der Waals surface area (Å²) >= 11 is 0. The molecule has 2 heterocycles. The minimum absolute atomic E-state index is 0.427. The Morgan fingerprint density at radius 1 is 1.06 bits per heavy atom. The number of aromatic amines is 1. The lowest BCUT2D eigenvalue weighted by molar-refractivity contribution is 0.303. The summed E-state index contributed by atoms with van der Waals surface area (Å²) in [6.45, 7) is 11.2. The van der Waals surface area contributed by atoms with Crippen molar-refractivity contribution >= 4 is 10.9 Å². The molecule has 5 rings (SSSR count). The Bertz CT molecular complexity index is 1500. The van der Waals surface area contributed by atoms with Crippen LogP contribution >= 0.6 is 0 Å². The largest absolute Gasteiger partial charge is 0.489 e. The number of hydrogen-bond acceptors (Lipinski definition) is 5. The van der Waals surface area contributed by atoms with Gasteiger partial charge in [-0.1, -0.05) is 30.4 Å². The fourth-order valence-corrected chi connectivity index (χ4v) is 4.19. The molecular weight excluding hydrogens is 450 g/mol. The maximum Gasteiger partial charge on any atom is 0.179 e. The fraction of sp³-hybridized carbons (Fsp3) is 0.138. The zero-order valence-electron chi connectivity index (χ0n) is 20.1. The Balaban J connectivity index is 1.30. The molecule has 180 valence electrons. The number of fused-ring (bicyclic) bond motifs is 1. The van der Waals surface area contributed by atoms with Gasteiger partial charge in [-0.3, -0.25) is 0 Å². The maximum absolute atomic E-state index is 6.28. The van der Waals surface area contributed by atoms with Gasteiger partial charge < -0.3 is 14.0 Å². The Morgan fingerprint density at radius 2 is 1.92 bits per heavy atom. The first-order valence-electron chi connectivity index (χ1n) is 11.7. The van der Waals surface area contributed by atoms with Gasteiger partial charge in [-0.15, -0.1) is 11.7 Å². The SMILES string of the molecule is C=CCc1c(OCc2cccc(Oc3ccc(-c4nnn[nH]4)cc3)c2)ccc2c1ccn2CC(=C)C. The standard InChI is InChI=1S/C29H27N5O2/c1-4-6-26-25-15-16-34(18-20(2)3)27(25)13-14-28(26)35-19-21-7-5-8-24(17-21)36-23-11-9-22(10-12-23)29-30-32-33-31-29/h4-5,7-17H,1-2,6,18-19H2,3H3,(H,30,31,32,33). The summed E-state index contributed by atoms with van der Waals surface area (Å²) in [5, 5.41) is 15.1. The third kappa shape index (κ3) is 5.05. The normalized spacial score (nSPS) is 10.9. The van der Waals surface area contributed by atoms with Crippen LogP contribution < -0.4 is 9.47 Å². The number of rotatable bonds is 10. The van der Waals surface area contributed by atoms with Gasteiger partial charge >= 0.3 is 0 Å². The van der Waals surface area contributed by atoms with Crippen LogP contribution in [0.1, 0.15) is 18.1 Å². The quantitative estimate of drug-likeness (QED) is 0.232. The molecule has 0 unspecified atom stereocenters. The van der Waals surface area contributed by atoms with Gasteiger partial charge in [-0.05, 0) is 83.9 Å². The van der Waals surface area contributed by atoms with Gasteiger partial charge in [0.05, 0.1) is 0 Å². The predicted octanol–water partition coefficient (Wildman–Crippen LogP) is 6.50. The van der Waals surface area contributed by atoms with E-state index in [1.54, 1.807) is 0 Å². The number of nitrogens with one attached hydrogen (secondary N) is 1. The highest BCUT2D eigenvalue weighted by Crippen LogP contribution is 2.31. The summed E-state index contributed by atoms with van der Waals surface area (Å²) in [6.07, 6.45) is 4.74. The Morgan fingerprint density at radius 3 is 2.67 bits per heavy atom. The van der Waals surface area contributed by atoms with Crippen LogP contribution in [0, 0.1) is 0 Å². The lowest BCUT2D eigenvalue weighted by atomic mass is 10.1. The van der Waals surface area contributed by atoms with E-state index in [-0.39, 0.29) is 0 Å². The summed E-state index contributed by atoms with van der Waals surface area (Å²) in [5.41, 5.74) is 5.32. The lowest BCUT2D eigenvalue weighted by Crippen LogP contribution is -2.01. The number of ether oxygens (including phenoxy) is 2. The second-order valence-corrected chi connectivity index (χ2v) is 8.68. The molecule has 0 radical (unpaired) electrons. The minimum Gasteiger partial charge on any atom is -0.489 e. The number of aromatic nitrogens is 5. The molecule has 36 heavy (non-hydrogen) atoms. The van der Waals surface area contributed by atoms with Crippen molar-refractivity contribution in [1.29, 1.82) is 0 Å². The number of H-pyrrole nitrogens is 1. The predicted molar refractivity (Wildman–Crippen MR) is 141 cm³/mol. The molecule has 0 bridgehead atoms. The Kier molecular flexibility index (Phi) is 6.62. The van der Waals surface area contributed by atoms with Crippen molar-refractivity contribution in [3.8, 4) is 28.6 Å². The van der Waals surface area contributed by atoms with E-state index in [9.17, 15) is 0 Å². The van der Waals surface area contributed by atoms with E-state index < -0.39 is 0 Å². The van der Waals surface area contributed by atoms with Gasteiger partial charge in [0, 0.05) is 34.8 Å². The third-order valence-electron chi connectivity index (χ3n) is 5.81. The van der Waals surface area contributed by atoms with Gasteiger partial charge in [0.2, 0.25) is 0 Å². The summed E-state index contributed by atoms with van der Waals surface area (Å²) in [7, 11) is 0. The van der Waals surface area contributed by atoms with E-state index in [1.165, 1.54) is 10.9 Å². The van der Waals surface area contributed by atoms with Crippen molar-refractivity contribution in [1.82, 2.24) is 25.2 Å². The second-order valence-electron chi connectivity index (χ2n) is 8.68. The zero-order valence-corrected chi connectivity index (χ0v) is 20.1. The Labute approximate surface area is 209 Å². The molecular formula is C29H27N5O2. The average molecular weight is 478 g/mol. The summed E-state index contributed by atoms with van der Waals surface area (Å²) in [5.74, 6) is 2.94. The van der Waals surface area contributed by atoms with Crippen molar-refractivity contribution in [3.05, 3.63) is 109 Å². The molecule has 3 aromatic carbocycles. The van der Waals surface area contributed by atoms with E-state index in [1.807, 2.05) is 67.6 Å². The molecule has 0 amide bonds. The molecule has 0 spiro atoms. The number of nitrogens with zero attached hydrogens (tertiary/aromatic N) is 4. The summed E-state index contributed by atoms with van der Waals surface area (Å²) in [4.78, 5) is 0. The molecule has 0 aliphatic rings. The number of hydrogen-bond donors (Lipinski definition) is 1. The minimum atomic E-state index is 0.427. The van der Waals surface area contributed by atoms with E-state index in [2.05, 4.69) is 56.7 Å². The van der Waals surface area contributed by atoms with Gasteiger partial charge in [-0.2, -0.15) is 0 Å². The first kappa shape index (κ1) is 23.1. The third-order valence-corrected chi connectivity index (χ3v) is 5.81. The smallest absolute Gasteiger partial charge is 0.179 e. The molecule has 0 aliphatic heterocycles. The molecule has 0 aliphatic carbocycles. The molecule has 0 saturated heterocycles. The van der Waals surface area contributed by atoms with Crippen LogP contribution in [0.3, 0.4) is 0 Å². The fourth-order valence-electron chi connectivity index (χ4n) is 4.19. The molecule has 7 heteroatoms. The highest BCUT2D eigenvalue weighted by molar-refractivity contribution is 5.86. The summed E-state index contributed by atoms with van der Waals surface area (Å²) < 4.78 is 14.6. The molecule has 0 saturated carbocycles. The summed E-state index contributed by atoms with van der Waals surface area (Å²) in [6, 6.07) is 21.8. The van der Waals surface area contributed by atoms with Crippen LogP contribution in [0.25, 0.3) is 22.3 Å². The molecule has 7 nitrogen and oxygen atoms in total. The van der Waals surface area contributed by atoms with Crippen LogP contribution in [-0.4, -0.2) is 25.2 Å². The van der Waals surface area contributed by atoms with E-state index in [0.29, 0.717) is 12.4 Å². The van der Waals surface area contributed by atoms with Crippen molar-refractivity contribution in [2.75, 3.05) is 0 Å². The Hall–Kier alpha value is -4.65. The van der Waals surface area contributed by atoms with Crippen LogP contribution in [-0.2, 0) is 19.6 Å². The van der Waals surface area contributed by atoms with Crippen molar-refractivity contribution in [2.24, 2.45) is 0 Å². The van der Waals surface area contributed by atoms with Crippen LogP contribution in [0.15, 0.2) is 97.7 Å². The van der Waals surface area contributed by atoms with E-state index in [0.717, 1.165) is 52.5 Å². The van der Waals surface area contributed by atoms with Gasteiger partial charge in [0.25, 0.3) is 0 Å². The second kappa shape index (κ2) is 10.3. The van der Waals surface area contributed by atoms with E-state index >= 15 is 0 Å². The maximum atomic E-state index is 6.28. The monoisotopic (exact) mass is 477 g/mol. The van der Waals surface area contributed by atoms with Crippen molar-refractivity contribution in [3.63, 3.8) is 0 Å². The number of benzene rings is 3. The van der Waals surface area contributed by atoms with Crippen LogP contribution in [0.5, 0.6) is 17.2 Å². The zero-order chi connectivity index (χ0) is 24.9. The van der Waals surface area contributed by atoms with Gasteiger partial charge in [0.1, 0.15) is 23.9 Å². The number of tetrazole rings is 1. The first-order chi connectivity index (χ1) is 17.6. The van der Waals surface area contributed by atoms with Crippen LogP contribution in [0.4, 0.5) is 0 Å². The number of allylic oxidation sites excluding steroid dienone is 2. The van der Waals surface area contributed by atoms with Gasteiger partial charge in [-0.25, -0.2) is 5.10 Å². The highest BCUT2D eigenvalue weighted by atomic mass is 16.5. The average Bonchev–Trinajstić information content (AvgIpc) is 3.55. The van der Waals surface area contributed by atoms with Crippen molar-refractivity contribution < 1.29 is 9.47 Å². The first-order valence-corrected chi connectivity index (χ1v) is 11.7. The van der Waals surface area contributed by atoms with Crippen LogP contribution in [0.2, 0.25) is 0 Å². The molecule has 0 atom stereocenters. The molecule has 5 aromatic rings. The van der Waals surface area contributed by atoms with E-state index in [4.69, 9.17) is 9.47 Å². The van der Waals surface area contributed by atoms with Gasteiger partial charge in [0.15, 0.2) is 5.82 Å². The topological polar surface area (TPSA) is 77.8 Å². The van der Waals surface area contributed by atoms with Crippen molar-refractivity contribution in [2.45, 2.75) is 26.5 Å².